The average molecular weight is 391 g/mol. The third-order valence-electron chi connectivity index (χ3n) is 7.82. The van der Waals surface area contributed by atoms with Crippen LogP contribution in [0.1, 0.15) is 126 Å². The molecule has 0 aliphatic rings. The smallest absolute Gasteiger partial charge is 0.0125 e. The molecule has 0 heterocycles. The highest BCUT2D eigenvalue weighted by molar-refractivity contribution is 5.05. The van der Waals surface area contributed by atoms with Crippen LogP contribution in [-0.2, 0) is 0 Å². The second-order valence-corrected chi connectivity index (χ2v) is 10.7. The molecule has 0 saturated carbocycles. The first-order valence-corrected chi connectivity index (χ1v) is 12.3. The van der Waals surface area contributed by atoms with Gasteiger partial charge in [-0.3, -0.25) is 0 Å². The molecule has 0 fully saturated rings. The average Bonchev–Trinajstić information content (AvgIpc) is 2.63. The first-order chi connectivity index (χ1) is 13.0. The first-order valence-electron chi connectivity index (χ1n) is 12.3. The Morgan fingerprint density at radius 1 is 0.786 bits per heavy atom. The summed E-state index contributed by atoms with van der Waals surface area (Å²) < 4.78 is 0. The monoisotopic (exact) mass is 390 g/mol. The zero-order chi connectivity index (χ0) is 21.7. The van der Waals surface area contributed by atoms with E-state index in [4.69, 9.17) is 0 Å². The Balaban J connectivity index is 4.26. The summed E-state index contributed by atoms with van der Waals surface area (Å²) in [6, 6.07) is 0. The Morgan fingerprint density at radius 3 is 1.82 bits per heavy atom. The van der Waals surface area contributed by atoms with Crippen molar-refractivity contribution in [2.24, 2.45) is 29.1 Å². The third-order valence-corrected chi connectivity index (χ3v) is 7.82. The SMILES string of the molecule is C=C(CC)CC(CCCCCCC(C)C(C)C)CCCC(C)C(C)(C)C(=C)C. The van der Waals surface area contributed by atoms with Gasteiger partial charge in [-0.05, 0) is 55.3 Å². The molecule has 0 aromatic carbocycles. The summed E-state index contributed by atoms with van der Waals surface area (Å²) >= 11 is 0. The molecule has 0 bridgehead atoms. The van der Waals surface area contributed by atoms with Gasteiger partial charge in [0.25, 0.3) is 0 Å². The molecule has 0 aliphatic carbocycles. The molecule has 3 unspecified atom stereocenters. The van der Waals surface area contributed by atoms with E-state index in [9.17, 15) is 0 Å². The van der Waals surface area contributed by atoms with Crippen molar-refractivity contribution in [2.45, 2.75) is 126 Å². The lowest BCUT2D eigenvalue weighted by molar-refractivity contribution is 0.256. The van der Waals surface area contributed by atoms with Crippen molar-refractivity contribution in [2.75, 3.05) is 0 Å². The maximum absolute atomic E-state index is 4.30. The summed E-state index contributed by atoms with van der Waals surface area (Å²) in [7, 11) is 0. The van der Waals surface area contributed by atoms with Gasteiger partial charge in [-0.15, -0.1) is 0 Å². The molecule has 0 spiro atoms. The van der Waals surface area contributed by atoms with Gasteiger partial charge in [-0.25, -0.2) is 0 Å². The quantitative estimate of drug-likeness (QED) is 0.171. The van der Waals surface area contributed by atoms with Crippen LogP contribution in [0.25, 0.3) is 0 Å². The largest absolute Gasteiger partial charge is 0.0999 e. The zero-order valence-electron chi connectivity index (χ0n) is 21.0. The molecule has 0 aromatic heterocycles. The van der Waals surface area contributed by atoms with Crippen molar-refractivity contribution in [1.29, 1.82) is 0 Å². The van der Waals surface area contributed by atoms with E-state index < -0.39 is 0 Å². The fraction of sp³-hybridized carbons (Fsp3) is 0.857. The van der Waals surface area contributed by atoms with Crippen LogP contribution in [0.3, 0.4) is 0 Å². The molecule has 166 valence electrons. The molecular weight excluding hydrogens is 336 g/mol. The molecule has 0 rings (SSSR count). The van der Waals surface area contributed by atoms with E-state index in [0.29, 0.717) is 5.92 Å². The van der Waals surface area contributed by atoms with Crippen molar-refractivity contribution in [3.8, 4) is 0 Å². The van der Waals surface area contributed by atoms with Crippen LogP contribution in [-0.4, -0.2) is 0 Å². The molecule has 0 saturated heterocycles. The molecule has 28 heavy (non-hydrogen) atoms. The summed E-state index contributed by atoms with van der Waals surface area (Å²) in [6.07, 6.45) is 14.9. The summed E-state index contributed by atoms with van der Waals surface area (Å²) in [6.45, 7) is 27.2. The number of unbranched alkanes of at least 4 members (excludes halogenated alkanes) is 3. The van der Waals surface area contributed by atoms with Gasteiger partial charge in [0.15, 0.2) is 0 Å². The summed E-state index contributed by atoms with van der Waals surface area (Å²) in [4.78, 5) is 0. The van der Waals surface area contributed by atoms with Crippen LogP contribution in [0, 0.1) is 29.1 Å². The Hall–Kier alpha value is -0.520. The lowest BCUT2D eigenvalue weighted by Crippen LogP contribution is -2.22. The van der Waals surface area contributed by atoms with Gasteiger partial charge in [-0.1, -0.05) is 124 Å². The lowest BCUT2D eigenvalue weighted by Gasteiger charge is -2.33. The summed E-state index contributed by atoms with van der Waals surface area (Å²) in [5, 5.41) is 0. The highest BCUT2D eigenvalue weighted by Crippen LogP contribution is 2.37. The van der Waals surface area contributed by atoms with Gasteiger partial charge >= 0.3 is 0 Å². The Morgan fingerprint density at radius 2 is 1.32 bits per heavy atom. The normalized spacial score (nSPS) is 15.5. The van der Waals surface area contributed by atoms with Crippen LogP contribution in [0.5, 0.6) is 0 Å². The number of hydrogen-bond donors (Lipinski definition) is 0. The van der Waals surface area contributed by atoms with Crippen molar-refractivity contribution in [3.05, 3.63) is 24.3 Å². The third kappa shape index (κ3) is 11.5. The summed E-state index contributed by atoms with van der Waals surface area (Å²) in [5.74, 6) is 3.28. The zero-order valence-corrected chi connectivity index (χ0v) is 21.0. The van der Waals surface area contributed by atoms with Crippen LogP contribution in [0.2, 0.25) is 0 Å². The molecule has 0 radical (unpaired) electrons. The number of rotatable bonds is 17. The Kier molecular flexibility index (Phi) is 14.2. The van der Waals surface area contributed by atoms with E-state index in [-0.39, 0.29) is 5.41 Å². The predicted octanol–water partition coefficient (Wildman–Crippen LogP) is 10.0. The Labute approximate surface area is 179 Å². The van der Waals surface area contributed by atoms with Crippen molar-refractivity contribution in [3.63, 3.8) is 0 Å². The fourth-order valence-corrected chi connectivity index (χ4v) is 3.98. The van der Waals surface area contributed by atoms with Gasteiger partial charge in [0.05, 0.1) is 0 Å². The van der Waals surface area contributed by atoms with E-state index in [0.717, 1.165) is 24.2 Å². The molecule has 3 atom stereocenters. The van der Waals surface area contributed by atoms with Crippen LogP contribution in [0.4, 0.5) is 0 Å². The molecule has 0 amide bonds. The second-order valence-electron chi connectivity index (χ2n) is 10.7. The van der Waals surface area contributed by atoms with Crippen LogP contribution in [0.15, 0.2) is 24.3 Å². The van der Waals surface area contributed by atoms with E-state index >= 15 is 0 Å². The van der Waals surface area contributed by atoms with E-state index in [1.165, 1.54) is 75.4 Å². The molecular formula is C28H54. The molecule has 0 N–H and O–H groups in total. The Bertz CT molecular complexity index is 425. The van der Waals surface area contributed by atoms with E-state index in [2.05, 4.69) is 68.5 Å². The molecule has 0 aromatic rings. The van der Waals surface area contributed by atoms with Gasteiger partial charge in [0.1, 0.15) is 0 Å². The van der Waals surface area contributed by atoms with Crippen molar-refractivity contribution in [1.82, 2.24) is 0 Å². The van der Waals surface area contributed by atoms with Gasteiger partial charge in [0, 0.05) is 0 Å². The highest BCUT2D eigenvalue weighted by Gasteiger charge is 2.26. The fourth-order valence-electron chi connectivity index (χ4n) is 3.98. The predicted molar refractivity (Wildman–Crippen MR) is 131 cm³/mol. The lowest BCUT2D eigenvalue weighted by atomic mass is 9.72. The minimum atomic E-state index is 0.260. The molecule has 0 nitrogen and oxygen atoms in total. The van der Waals surface area contributed by atoms with Crippen LogP contribution >= 0.6 is 0 Å². The van der Waals surface area contributed by atoms with Gasteiger partial charge < -0.3 is 0 Å². The molecule has 0 aliphatic heterocycles. The first kappa shape index (κ1) is 27.5. The van der Waals surface area contributed by atoms with E-state index in [1.54, 1.807) is 0 Å². The maximum atomic E-state index is 4.30. The number of allylic oxidation sites excluding steroid dienone is 2. The highest BCUT2D eigenvalue weighted by atomic mass is 14.3. The minimum absolute atomic E-state index is 0.260. The topological polar surface area (TPSA) is 0 Å². The van der Waals surface area contributed by atoms with Crippen molar-refractivity contribution < 1.29 is 0 Å². The maximum Gasteiger partial charge on any atom is -0.0125 e. The van der Waals surface area contributed by atoms with Crippen LogP contribution < -0.4 is 0 Å². The second kappa shape index (κ2) is 14.5. The minimum Gasteiger partial charge on any atom is -0.0999 e. The van der Waals surface area contributed by atoms with Gasteiger partial charge in [0.2, 0.25) is 0 Å². The van der Waals surface area contributed by atoms with Crippen molar-refractivity contribution >= 4 is 0 Å². The van der Waals surface area contributed by atoms with E-state index in [1.807, 2.05) is 0 Å². The summed E-state index contributed by atoms with van der Waals surface area (Å²) in [5.41, 5.74) is 3.03. The number of hydrogen-bond acceptors (Lipinski definition) is 0. The van der Waals surface area contributed by atoms with Gasteiger partial charge in [-0.2, -0.15) is 0 Å². The molecule has 0 heteroatoms. The standard InChI is InChI=1S/C28H54/c1-11-24(6)21-27(19-15-13-12-14-17-25(7)22(2)3)20-16-18-26(8)28(9,10)23(4)5/h22,25-27H,4,6,11-21H2,1-3,5,7-10H3.